The van der Waals surface area contributed by atoms with Gasteiger partial charge in [-0.15, -0.1) is 17.5 Å². The number of benzene rings is 1. The average molecular weight is 417 g/mol. The Hall–Kier alpha value is -1.70. The highest BCUT2D eigenvalue weighted by molar-refractivity contribution is 6.32. The van der Waals surface area contributed by atoms with Crippen LogP contribution in [0, 0.1) is 5.92 Å². The average Bonchev–Trinajstić information content (AvgIpc) is 3.04. The molecule has 150 valence electrons. The molecule has 3 N–H and O–H groups in total. The minimum absolute atomic E-state index is 0. The number of nitrogens with one attached hydrogen (secondary N) is 3. The third-order valence-electron chi connectivity index (χ3n) is 4.56. The van der Waals surface area contributed by atoms with E-state index in [0.29, 0.717) is 22.3 Å². The van der Waals surface area contributed by atoms with E-state index >= 15 is 0 Å². The fourth-order valence-corrected chi connectivity index (χ4v) is 3.50. The SMILES string of the molecule is CC(C)Oc1c(Cl)cc(-c2n[nH]c(=O)o2)cc1NC(C)C1CCNCC1.Cl. The number of hydrogen-bond acceptors (Lipinski definition) is 6. The van der Waals surface area contributed by atoms with Crippen LogP contribution in [0.5, 0.6) is 5.75 Å². The van der Waals surface area contributed by atoms with E-state index in [0.717, 1.165) is 31.6 Å². The van der Waals surface area contributed by atoms with Crippen molar-refractivity contribution in [2.75, 3.05) is 18.4 Å². The fourth-order valence-electron chi connectivity index (χ4n) is 3.24. The van der Waals surface area contributed by atoms with Crippen LogP contribution < -0.4 is 21.1 Å². The van der Waals surface area contributed by atoms with E-state index in [1.165, 1.54) is 0 Å². The zero-order valence-electron chi connectivity index (χ0n) is 15.7. The minimum atomic E-state index is -0.601. The van der Waals surface area contributed by atoms with Crippen molar-refractivity contribution in [1.29, 1.82) is 0 Å². The van der Waals surface area contributed by atoms with E-state index in [1.807, 2.05) is 19.9 Å². The van der Waals surface area contributed by atoms with Gasteiger partial charge < -0.3 is 19.8 Å². The lowest BCUT2D eigenvalue weighted by Gasteiger charge is -2.30. The molecule has 1 aromatic carbocycles. The smallest absolute Gasteiger partial charge is 0.434 e. The van der Waals surface area contributed by atoms with Gasteiger partial charge in [0.15, 0.2) is 5.75 Å². The number of nitrogens with zero attached hydrogens (tertiary/aromatic N) is 1. The number of anilines is 1. The maximum Gasteiger partial charge on any atom is 0.434 e. The minimum Gasteiger partial charge on any atom is -0.487 e. The fraction of sp³-hybridized carbons (Fsp3) is 0.556. The first-order chi connectivity index (χ1) is 12.4. The summed E-state index contributed by atoms with van der Waals surface area (Å²) in [6.07, 6.45) is 2.23. The van der Waals surface area contributed by atoms with E-state index in [-0.39, 0.29) is 30.4 Å². The first kappa shape index (κ1) is 21.6. The summed E-state index contributed by atoms with van der Waals surface area (Å²) in [5.74, 6) is 0.764. The number of aromatic nitrogens is 2. The van der Waals surface area contributed by atoms with Crippen LogP contribution in [0.15, 0.2) is 21.3 Å². The van der Waals surface area contributed by atoms with Crippen LogP contribution in [0.2, 0.25) is 5.02 Å². The summed E-state index contributed by atoms with van der Waals surface area (Å²) in [7, 11) is 0. The number of piperidine rings is 1. The molecule has 0 amide bonds. The summed E-state index contributed by atoms with van der Waals surface area (Å²) in [5.41, 5.74) is 1.39. The van der Waals surface area contributed by atoms with Crippen molar-refractivity contribution in [1.82, 2.24) is 15.5 Å². The molecular formula is C18H26Cl2N4O3. The number of halogens is 2. The Morgan fingerprint density at radius 2 is 2.00 bits per heavy atom. The van der Waals surface area contributed by atoms with Gasteiger partial charge in [-0.2, -0.15) is 0 Å². The monoisotopic (exact) mass is 416 g/mol. The molecule has 0 aliphatic carbocycles. The second-order valence-electron chi connectivity index (χ2n) is 6.94. The molecule has 9 heteroatoms. The Morgan fingerprint density at radius 3 is 2.59 bits per heavy atom. The summed E-state index contributed by atoms with van der Waals surface area (Å²) >= 11 is 6.47. The van der Waals surface area contributed by atoms with Crippen molar-refractivity contribution < 1.29 is 9.15 Å². The van der Waals surface area contributed by atoms with Gasteiger partial charge in [0.25, 0.3) is 0 Å². The molecule has 7 nitrogen and oxygen atoms in total. The summed E-state index contributed by atoms with van der Waals surface area (Å²) in [6.45, 7) is 8.15. The lowest BCUT2D eigenvalue weighted by molar-refractivity contribution is 0.243. The van der Waals surface area contributed by atoms with Gasteiger partial charge >= 0.3 is 5.76 Å². The van der Waals surface area contributed by atoms with Crippen molar-refractivity contribution in [2.24, 2.45) is 5.92 Å². The first-order valence-corrected chi connectivity index (χ1v) is 9.35. The molecule has 1 fully saturated rings. The van der Waals surface area contributed by atoms with Crippen molar-refractivity contribution in [2.45, 2.75) is 45.8 Å². The van der Waals surface area contributed by atoms with Crippen LogP contribution in [0.3, 0.4) is 0 Å². The predicted octanol–water partition coefficient (Wildman–Crippen LogP) is 3.69. The summed E-state index contributed by atoms with van der Waals surface area (Å²) in [4.78, 5) is 11.3. The Kier molecular flexibility index (Phi) is 7.59. The van der Waals surface area contributed by atoms with E-state index in [2.05, 4.69) is 27.8 Å². The highest BCUT2D eigenvalue weighted by Crippen LogP contribution is 2.39. The lowest BCUT2D eigenvalue weighted by Crippen LogP contribution is -2.36. The second-order valence-corrected chi connectivity index (χ2v) is 7.35. The molecule has 27 heavy (non-hydrogen) atoms. The van der Waals surface area contributed by atoms with Gasteiger partial charge in [0.1, 0.15) is 0 Å². The molecule has 0 saturated carbocycles. The molecule has 1 aliphatic heterocycles. The van der Waals surface area contributed by atoms with Gasteiger partial charge in [-0.1, -0.05) is 11.6 Å². The molecular weight excluding hydrogens is 391 g/mol. The van der Waals surface area contributed by atoms with E-state index in [1.54, 1.807) is 6.07 Å². The Labute approximate surface area is 169 Å². The number of aromatic amines is 1. The summed E-state index contributed by atoms with van der Waals surface area (Å²) in [5, 5.41) is 13.5. The molecule has 1 aromatic heterocycles. The third kappa shape index (κ3) is 5.40. The van der Waals surface area contributed by atoms with E-state index in [4.69, 9.17) is 20.8 Å². The third-order valence-corrected chi connectivity index (χ3v) is 4.84. The quantitative estimate of drug-likeness (QED) is 0.664. The van der Waals surface area contributed by atoms with Crippen LogP contribution in [0.25, 0.3) is 11.5 Å². The summed E-state index contributed by atoms with van der Waals surface area (Å²) in [6, 6.07) is 3.81. The number of rotatable bonds is 6. The predicted molar refractivity (Wildman–Crippen MR) is 109 cm³/mol. The topological polar surface area (TPSA) is 92.2 Å². The van der Waals surface area contributed by atoms with Crippen LogP contribution in [0.1, 0.15) is 33.6 Å². The van der Waals surface area contributed by atoms with Crippen LogP contribution in [0.4, 0.5) is 5.69 Å². The largest absolute Gasteiger partial charge is 0.487 e. The van der Waals surface area contributed by atoms with Gasteiger partial charge in [0, 0.05) is 11.6 Å². The molecule has 1 saturated heterocycles. The van der Waals surface area contributed by atoms with Crippen molar-refractivity contribution in [3.05, 3.63) is 27.7 Å². The van der Waals surface area contributed by atoms with Gasteiger partial charge in [0.2, 0.25) is 5.89 Å². The standard InChI is InChI=1S/C18H25ClN4O3.ClH/c1-10(2)25-16-14(19)8-13(17-22-23-18(24)26-17)9-15(16)21-11(3)12-4-6-20-7-5-12;/h8-12,20-21H,4-7H2,1-3H3,(H,23,24);1H. The molecule has 0 bridgehead atoms. The van der Waals surface area contributed by atoms with E-state index < -0.39 is 5.76 Å². The van der Waals surface area contributed by atoms with Crippen LogP contribution in [-0.2, 0) is 0 Å². The molecule has 0 spiro atoms. The molecule has 1 aliphatic rings. The van der Waals surface area contributed by atoms with Crippen molar-refractivity contribution >= 4 is 29.7 Å². The van der Waals surface area contributed by atoms with Crippen molar-refractivity contribution in [3.8, 4) is 17.2 Å². The molecule has 3 rings (SSSR count). The zero-order chi connectivity index (χ0) is 18.7. The normalized spacial score (nSPS) is 16.0. The molecule has 2 aromatic rings. The maximum atomic E-state index is 11.3. The summed E-state index contributed by atoms with van der Waals surface area (Å²) < 4.78 is 11.0. The molecule has 0 radical (unpaired) electrons. The molecule has 2 heterocycles. The molecule has 1 unspecified atom stereocenters. The lowest BCUT2D eigenvalue weighted by atomic mass is 9.91. The first-order valence-electron chi connectivity index (χ1n) is 8.97. The van der Waals surface area contributed by atoms with Crippen molar-refractivity contribution in [3.63, 3.8) is 0 Å². The number of hydrogen-bond donors (Lipinski definition) is 3. The highest BCUT2D eigenvalue weighted by Gasteiger charge is 2.23. The number of H-pyrrole nitrogens is 1. The second kappa shape index (κ2) is 9.48. The Balaban J connectivity index is 0.00000261. The number of ether oxygens (including phenoxy) is 1. The van der Waals surface area contributed by atoms with Gasteiger partial charge in [0.05, 0.1) is 16.8 Å². The van der Waals surface area contributed by atoms with E-state index in [9.17, 15) is 4.79 Å². The van der Waals surface area contributed by atoms with Gasteiger partial charge in [-0.05, 0) is 64.8 Å². The zero-order valence-corrected chi connectivity index (χ0v) is 17.2. The van der Waals surface area contributed by atoms with Gasteiger partial charge in [-0.25, -0.2) is 9.89 Å². The van der Waals surface area contributed by atoms with Crippen LogP contribution >= 0.6 is 24.0 Å². The van der Waals surface area contributed by atoms with Crippen LogP contribution in [-0.4, -0.2) is 35.4 Å². The maximum absolute atomic E-state index is 11.3. The Bertz CT molecular complexity index is 800. The molecule has 1 atom stereocenters. The van der Waals surface area contributed by atoms with Gasteiger partial charge in [-0.3, -0.25) is 0 Å². The highest BCUT2D eigenvalue weighted by atomic mass is 35.5. The Morgan fingerprint density at radius 1 is 1.30 bits per heavy atom.